The minimum atomic E-state index is 0.569. The van der Waals surface area contributed by atoms with E-state index in [-0.39, 0.29) is 0 Å². The third-order valence-corrected chi connectivity index (χ3v) is 3.58. The van der Waals surface area contributed by atoms with E-state index in [9.17, 15) is 0 Å². The van der Waals surface area contributed by atoms with E-state index in [0.717, 1.165) is 54.3 Å². The number of imidazole rings is 1. The van der Waals surface area contributed by atoms with Crippen molar-refractivity contribution >= 4 is 5.82 Å². The maximum absolute atomic E-state index is 6.38. The molecule has 2 aromatic rings. The van der Waals surface area contributed by atoms with E-state index in [1.807, 2.05) is 12.1 Å². The molecule has 0 atom stereocenters. The molecule has 0 aliphatic carbocycles. The first-order valence-corrected chi connectivity index (χ1v) is 7.64. The molecule has 0 radical (unpaired) electrons. The number of ether oxygens (including phenoxy) is 1. The first-order valence-electron chi connectivity index (χ1n) is 7.64. The van der Waals surface area contributed by atoms with Gasteiger partial charge in [-0.1, -0.05) is 38.1 Å². The van der Waals surface area contributed by atoms with Crippen molar-refractivity contribution in [3.8, 4) is 11.3 Å². The highest BCUT2D eigenvalue weighted by atomic mass is 16.5. The van der Waals surface area contributed by atoms with Gasteiger partial charge in [-0.05, 0) is 18.4 Å². The van der Waals surface area contributed by atoms with E-state index >= 15 is 0 Å². The van der Waals surface area contributed by atoms with E-state index in [1.165, 1.54) is 0 Å². The number of aryl methyl sites for hydroxylation is 1. The first-order chi connectivity index (χ1) is 10.2. The van der Waals surface area contributed by atoms with Gasteiger partial charge in [0.25, 0.3) is 0 Å². The Morgan fingerprint density at radius 1 is 1.19 bits per heavy atom. The number of rotatable bonds is 7. The molecule has 2 rings (SSSR count). The van der Waals surface area contributed by atoms with Crippen molar-refractivity contribution in [2.45, 2.75) is 46.3 Å². The van der Waals surface area contributed by atoms with Crippen LogP contribution in [0.5, 0.6) is 0 Å². The molecule has 0 fully saturated rings. The van der Waals surface area contributed by atoms with Crippen LogP contribution in [0.2, 0.25) is 0 Å². The number of aromatic nitrogens is 2. The van der Waals surface area contributed by atoms with Gasteiger partial charge in [-0.2, -0.15) is 0 Å². The van der Waals surface area contributed by atoms with Gasteiger partial charge in [-0.25, -0.2) is 4.98 Å². The second-order valence-corrected chi connectivity index (χ2v) is 5.25. The van der Waals surface area contributed by atoms with Crippen LogP contribution in [-0.4, -0.2) is 16.7 Å². The summed E-state index contributed by atoms with van der Waals surface area (Å²) in [6.45, 7) is 5.81. The van der Waals surface area contributed by atoms with E-state index in [2.05, 4.69) is 30.5 Å². The number of nitrogen functional groups attached to an aromatic ring is 1. The highest BCUT2D eigenvalue weighted by molar-refractivity contribution is 5.73. The van der Waals surface area contributed by atoms with Gasteiger partial charge in [0.15, 0.2) is 0 Å². The van der Waals surface area contributed by atoms with E-state index in [4.69, 9.17) is 15.5 Å². The Balaban J connectivity index is 2.51. The Bertz CT molecular complexity index is 590. The van der Waals surface area contributed by atoms with Gasteiger partial charge in [0.1, 0.15) is 17.3 Å². The maximum Gasteiger partial charge on any atom is 0.131 e. The highest BCUT2D eigenvalue weighted by Crippen LogP contribution is 2.30. The molecule has 1 aromatic heterocycles. The van der Waals surface area contributed by atoms with Gasteiger partial charge in [0, 0.05) is 25.6 Å². The summed E-state index contributed by atoms with van der Waals surface area (Å²) in [5, 5.41) is 0. The van der Waals surface area contributed by atoms with Crippen molar-refractivity contribution < 1.29 is 4.74 Å². The quantitative estimate of drug-likeness (QED) is 0.846. The van der Waals surface area contributed by atoms with Gasteiger partial charge in [0.05, 0.1) is 6.61 Å². The largest absolute Gasteiger partial charge is 0.383 e. The van der Waals surface area contributed by atoms with Gasteiger partial charge >= 0.3 is 0 Å². The molecular weight excluding hydrogens is 262 g/mol. The van der Waals surface area contributed by atoms with E-state index in [0.29, 0.717) is 6.61 Å². The van der Waals surface area contributed by atoms with Crippen LogP contribution < -0.4 is 5.73 Å². The molecule has 1 heterocycles. The second kappa shape index (κ2) is 7.27. The van der Waals surface area contributed by atoms with Gasteiger partial charge in [-0.3, -0.25) is 0 Å². The Kier molecular flexibility index (Phi) is 5.39. The average molecular weight is 287 g/mol. The molecule has 0 aliphatic heterocycles. The van der Waals surface area contributed by atoms with Crippen LogP contribution in [-0.2, 0) is 24.3 Å². The van der Waals surface area contributed by atoms with Crippen LogP contribution in [0.15, 0.2) is 24.3 Å². The summed E-state index contributed by atoms with van der Waals surface area (Å²) in [4.78, 5) is 4.81. The van der Waals surface area contributed by atoms with Crippen molar-refractivity contribution in [3.05, 3.63) is 35.7 Å². The lowest BCUT2D eigenvalue weighted by atomic mass is 10.1. The van der Waals surface area contributed by atoms with Crippen LogP contribution in [0, 0.1) is 0 Å². The van der Waals surface area contributed by atoms with Crippen molar-refractivity contribution in [2.75, 3.05) is 12.8 Å². The van der Waals surface area contributed by atoms with Crippen molar-refractivity contribution in [3.63, 3.8) is 0 Å². The van der Waals surface area contributed by atoms with Crippen molar-refractivity contribution in [2.24, 2.45) is 0 Å². The van der Waals surface area contributed by atoms with Crippen LogP contribution in [0.3, 0.4) is 0 Å². The number of hydrogen-bond acceptors (Lipinski definition) is 3. The molecule has 21 heavy (non-hydrogen) atoms. The van der Waals surface area contributed by atoms with Crippen LogP contribution in [0.4, 0.5) is 5.82 Å². The summed E-state index contributed by atoms with van der Waals surface area (Å²) in [6.07, 6.45) is 3.08. The Labute approximate surface area is 127 Å². The van der Waals surface area contributed by atoms with E-state index in [1.54, 1.807) is 7.11 Å². The van der Waals surface area contributed by atoms with Crippen molar-refractivity contribution in [1.29, 1.82) is 0 Å². The molecule has 0 saturated carbocycles. The summed E-state index contributed by atoms with van der Waals surface area (Å²) in [7, 11) is 1.71. The fraction of sp³-hybridized carbons (Fsp3) is 0.471. The molecule has 2 N–H and O–H groups in total. The van der Waals surface area contributed by atoms with E-state index < -0.39 is 0 Å². The molecule has 0 spiro atoms. The molecule has 4 heteroatoms. The lowest BCUT2D eigenvalue weighted by Crippen LogP contribution is -2.07. The zero-order valence-corrected chi connectivity index (χ0v) is 13.2. The SMILES string of the molecule is CCCc1nc(-c2ccccc2COC)c(N)n1CCC. The lowest BCUT2D eigenvalue weighted by molar-refractivity contribution is 0.185. The number of methoxy groups -OCH3 is 1. The predicted molar refractivity (Wildman–Crippen MR) is 87.1 cm³/mol. The van der Waals surface area contributed by atoms with Crippen LogP contribution in [0.1, 0.15) is 38.1 Å². The molecule has 114 valence electrons. The molecule has 0 unspecified atom stereocenters. The zero-order chi connectivity index (χ0) is 15.2. The van der Waals surface area contributed by atoms with Gasteiger partial charge in [-0.15, -0.1) is 0 Å². The summed E-state index contributed by atoms with van der Waals surface area (Å²) >= 11 is 0. The molecule has 1 aromatic carbocycles. The number of nitrogens with two attached hydrogens (primary N) is 1. The van der Waals surface area contributed by atoms with Crippen LogP contribution in [0.25, 0.3) is 11.3 Å². The third kappa shape index (κ3) is 3.27. The molecule has 4 nitrogen and oxygen atoms in total. The number of anilines is 1. The number of hydrogen-bond donors (Lipinski definition) is 1. The van der Waals surface area contributed by atoms with Gasteiger partial charge < -0.3 is 15.0 Å². The first kappa shape index (κ1) is 15.6. The monoisotopic (exact) mass is 287 g/mol. The smallest absolute Gasteiger partial charge is 0.131 e. The topological polar surface area (TPSA) is 53.1 Å². The second-order valence-electron chi connectivity index (χ2n) is 5.25. The van der Waals surface area contributed by atoms with Crippen LogP contribution >= 0.6 is 0 Å². The summed E-state index contributed by atoms with van der Waals surface area (Å²) in [5.41, 5.74) is 9.46. The summed E-state index contributed by atoms with van der Waals surface area (Å²) < 4.78 is 7.44. The minimum Gasteiger partial charge on any atom is -0.383 e. The number of benzene rings is 1. The summed E-state index contributed by atoms with van der Waals surface area (Å²) in [5.74, 6) is 1.85. The van der Waals surface area contributed by atoms with Crippen molar-refractivity contribution in [1.82, 2.24) is 9.55 Å². The minimum absolute atomic E-state index is 0.569. The molecule has 0 amide bonds. The van der Waals surface area contributed by atoms with Gasteiger partial charge in [0.2, 0.25) is 0 Å². The standard InChI is InChI=1S/C17H25N3O/c1-4-8-15-19-16(17(18)20(15)11-5-2)14-10-7-6-9-13(14)12-21-3/h6-7,9-10H,4-5,8,11-12,18H2,1-3H3. The molecule has 0 aliphatic rings. The molecular formula is C17H25N3O. The molecule has 0 bridgehead atoms. The maximum atomic E-state index is 6.38. The summed E-state index contributed by atoms with van der Waals surface area (Å²) in [6, 6.07) is 8.17. The fourth-order valence-electron chi connectivity index (χ4n) is 2.63. The predicted octanol–water partition coefficient (Wildman–Crippen LogP) is 3.64. The normalized spacial score (nSPS) is 11.0. The number of nitrogens with zero attached hydrogens (tertiary/aromatic N) is 2. The molecule has 0 saturated heterocycles. The Morgan fingerprint density at radius 2 is 1.95 bits per heavy atom. The Morgan fingerprint density at radius 3 is 2.62 bits per heavy atom. The average Bonchev–Trinajstić information content (AvgIpc) is 2.78. The zero-order valence-electron chi connectivity index (χ0n) is 13.2. The Hall–Kier alpha value is -1.81. The lowest BCUT2D eigenvalue weighted by Gasteiger charge is -2.09. The highest BCUT2D eigenvalue weighted by Gasteiger charge is 2.17. The third-order valence-electron chi connectivity index (χ3n) is 3.58. The fourth-order valence-corrected chi connectivity index (χ4v) is 2.63.